The number of benzene rings is 1. The Morgan fingerprint density at radius 2 is 2.12 bits per heavy atom. The molecule has 6 heteroatoms. The molecule has 0 atom stereocenters. The van der Waals surface area contributed by atoms with Crippen molar-refractivity contribution in [1.82, 2.24) is 19.9 Å². The molecule has 1 aliphatic rings. The summed E-state index contributed by atoms with van der Waals surface area (Å²) in [5.74, 6) is 0.612. The summed E-state index contributed by atoms with van der Waals surface area (Å²) in [5, 5.41) is 7.40. The number of carbonyl (C=O) groups is 1. The molecule has 6 nitrogen and oxygen atoms in total. The fourth-order valence-corrected chi connectivity index (χ4v) is 3.49. The molecular formula is C20H22N4O2. The van der Waals surface area contributed by atoms with Gasteiger partial charge in [-0.15, -0.1) is 0 Å². The molecule has 0 aliphatic heterocycles. The van der Waals surface area contributed by atoms with Crippen molar-refractivity contribution < 1.29 is 9.53 Å². The van der Waals surface area contributed by atoms with Crippen molar-refractivity contribution in [2.75, 3.05) is 7.11 Å². The summed E-state index contributed by atoms with van der Waals surface area (Å²) < 4.78 is 7.07. The first kappa shape index (κ1) is 16.6. The second kappa shape index (κ2) is 7.15. The number of methoxy groups -OCH3 is 1. The quantitative estimate of drug-likeness (QED) is 0.735. The van der Waals surface area contributed by atoms with Crippen LogP contribution >= 0.6 is 0 Å². The van der Waals surface area contributed by atoms with Crippen molar-refractivity contribution in [3.8, 4) is 5.75 Å². The van der Waals surface area contributed by atoms with Gasteiger partial charge in [-0.2, -0.15) is 5.10 Å². The Bertz CT molecular complexity index is 948. The Hall–Kier alpha value is -2.89. The second-order valence-electron chi connectivity index (χ2n) is 6.62. The lowest BCUT2D eigenvalue weighted by Crippen LogP contribution is -2.23. The molecule has 0 saturated heterocycles. The molecule has 0 bridgehead atoms. The van der Waals surface area contributed by atoms with Crippen LogP contribution in [0.15, 0.2) is 36.7 Å². The molecule has 134 valence electrons. The van der Waals surface area contributed by atoms with Gasteiger partial charge in [-0.25, -0.2) is 9.50 Å². The third-order valence-corrected chi connectivity index (χ3v) is 4.90. The van der Waals surface area contributed by atoms with E-state index in [1.165, 1.54) is 24.1 Å². The van der Waals surface area contributed by atoms with Crippen LogP contribution in [0.3, 0.4) is 0 Å². The SMILES string of the molecule is COc1cccc(CNC(=O)c2cnn3c4c(cnc23)CCCCC4)c1. The highest BCUT2D eigenvalue weighted by atomic mass is 16.5. The molecule has 2 heterocycles. The van der Waals surface area contributed by atoms with Crippen LogP contribution in [0.4, 0.5) is 0 Å². The molecule has 1 aliphatic carbocycles. The molecule has 3 aromatic rings. The van der Waals surface area contributed by atoms with Crippen molar-refractivity contribution in [3.63, 3.8) is 0 Å². The van der Waals surface area contributed by atoms with E-state index in [4.69, 9.17) is 4.74 Å². The Kier molecular flexibility index (Phi) is 4.56. The molecule has 0 unspecified atom stereocenters. The minimum Gasteiger partial charge on any atom is -0.497 e. The molecule has 0 saturated carbocycles. The van der Waals surface area contributed by atoms with E-state index in [9.17, 15) is 4.79 Å². The number of fused-ring (bicyclic) bond motifs is 3. The number of rotatable bonds is 4. The zero-order valence-electron chi connectivity index (χ0n) is 14.9. The van der Waals surface area contributed by atoms with Crippen LogP contribution in [0.25, 0.3) is 5.65 Å². The summed E-state index contributed by atoms with van der Waals surface area (Å²) >= 11 is 0. The molecule has 1 amide bonds. The van der Waals surface area contributed by atoms with Gasteiger partial charge in [0.25, 0.3) is 5.91 Å². The minimum absolute atomic E-state index is 0.163. The second-order valence-corrected chi connectivity index (χ2v) is 6.62. The maximum absolute atomic E-state index is 12.6. The van der Waals surface area contributed by atoms with E-state index in [0.29, 0.717) is 17.8 Å². The van der Waals surface area contributed by atoms with Crippen LogP contribution in [-0.2, 0) is 19.4 Å². The first-order valence-corrected chi connectivity index (χ1v) is 9.02. The van der Waals surface area contributed by atoms with Crippen LogP contribution in [-0.4, -0.2) is 27.6 Å². The van der Waals surface area contributed by atoms with Gasteiger partial charge in [-0.05, 0) is 48.9 Å². The number of hydrogen-bond donors (Lipinski definition) is 1. The fourth-order valence-electron chi connectivity index (χ4n) is 3.49. The van der Waals surface area contributed by atoms with Gasteiger partial charge < -0.3 is 10.1 Å². The average Bonchev–Trinajstić information content (AvgIpc) is 2.96. The summed E-state index contributed by atoms with van der Waals surface area (Å²) in [5.41, 5.74) is 4.57. The number of aryl methyl sites for hydroxylation is 2. The van der Waals surface area contributed by atoms with Crippen LogP contribution in [0, 0.1) is 0 Å². The lowest BCUT2D eigenvalue weighted by atomic mass is 10.1. The van der Waals surface area contributed by atoms with Crippen molar-refractivity contribution in [2.45, 2.75) is 38.6 Å². The number of amides is 1. The van der Waals surface area contributed by atoms with Crippen molar-refractivity contribution in [3.05, 3.63) is 59.0 Å². The number of aromatic nitrogens is 3. The maximum Gasteiger partial charge on any atom is 0.257 e. The lowest BCUT2D eigenvalue weighted by molar-refractivity contribution is 0.0952. The van der Waals surface area contributed by atoms with Gasteiger partial charge in [0.15, 0.2) is 5.65 Å². The van der Waals surface area contributed by atoms with Gasteiger partial charge in [-0.1, -0.05) is 18.6 Å². The van der Waals surface area contributed by atoms with Gasteiger partial charge >= 0.3 is 0 Å². The largest absolute Gasteiger partial charge is 0.497 e. The van der Waals surface area contributed by atoms with Crippen molar-refractivity contribution >= 4 is 11.6 Å². The summed E-state index contributed by atoms with van der Waals surface area (Å²) in [6.07, 6.45) is 9.13. The zero-order chi connectivity index (χ0) is 17.9. The van der Waals surface area contributed by atoms with E-state index in [1.54, 1.807) is 13.3 Å². The van der Waals surface area contributed by atoms with Crippen LogP contribution in [0.5, 0.6) is 5.75 Å². The van der Waals surface area contributed by atoms with E-state index in [2.05, 4.69) is 15.4 Å². The van der Waals surface area contributed by atoms with Gasteiger partial charge in [0.1, 0.15) is 11.3 Å². The molecule has 1 N–H and O–H groups in total. The van der Waals surface area contributed by atoms with Gasteiger partial charge in [0.2, 0.25) is 0 Å². The molecule has 4 rings (SSSR count). The zero-order valence-corrected chi connectivity index (χ0v) is 14.9. The van der Waals surface area contributed by atoms with E-state index in [-0.39, 0.29) is 5.91 Å². The predicted molar refractivity (Wildman–Crippen MR) is 98.4 cm³/mol. The first-order valence-electron chi connectivity index (χ1n) is 9.02. The molecule has 2 aromatic heterocycles. The Balaban J connectivity index is 1.56. The van der Waals surface area contributed by atoms with Crippen LogP contribution in [0.1, 0.15) is 46.4 Å². The molecule has 26 heavy (non-hydrogen) atoms. The molecule has 1 aromatic carbocycles. The number of nitrogens with zero attached hydrogens (tertiary/aromatic N) is 3. The summed E-state index contributed by atoms with van der Waals surface area (Å²) in [6.45, 7) is 0.429. The predicted octanol–water partition coefficient (Wildman–Crippen LogP) is 2.94. The highest BCUT2D eigenvalue weighted by molar-refractivity contribution is 5.99. The van der Waals surface area contributed by atoms with Crippen LogP contribution < -0.4 is 10.1 Å². The molecule has 0 radical (unpaired) electrons. The third-order valence-electron chi connectivity index (χ3n) is 4.90. The standard InChI is InChI=1S/C20H22N4O2/c1-26-16-8-5-6-14(10-16)11-22-20(25)17-13-23-24-18-9-4-2-3-7-15(18)12-21-19(17)24/h5-6,8,10,12-13H,2-4,7,9,11H2,1H3,(H,22,25). The summed E-state index contributed by atoms with van der Waals surface area (Å²) in [4.78, 5) is 17.2. The summed E-state index contributed by atoms with van der Waals surface area (Å²) in [7, 11) is 1.63. The van der Waals surface area contributed by atoms with Crippen molar-refractivity contribution in [1.29, 1.82) is 0 Å². The molecule has 0 spiro atoms. The van der Waals surface area contributed by atoms with E-state index in [1.807, 2.05) is 35.0 Å². The van der Waals surface area contributed by atoms with Crippen molar-refractivity contribution in [2.24, 2.45) is 0 Å². The third kappa shape index (κ3) is 3.14. The van der Waals surface area contributed by atoms with Gasteiger partial charge in [0.05, 0.1) is 13.3 Å². The highest BCUT2D eigenvalue weighted by Crippen LogP contribution is 2.22. The minimum atomic E-state index is -0.163. The lowest BCUT2D eigenvalue weighted by Gasteiger charge is -2.08. The maximum atomic E-state index is 12.6. The topological polar surface area (TPSA) is 68.5 Å². The smallest absolute Gasteiger partial charge is 0.257 e. The molecular weight excluding hydrogens is 328 g/mol. The fraction of sp³-hybridized carbons (Fsp3) is 0.350. The number of nitrogens with one attached hydrogen (secondary N) is 1. The number of ether oxygens (including phenoxy) is 1. The van der Waals surface area contributed by atoms with E-state index >= 15 is 0 Å². The average molecular weight is 350 g/mol. The van der Waals surface area contributed by atoms with Gasteiger partial charge in [-0.3, -0.25) is 4.79 Å². The summed E-state index contributed by atoms with van der Waals surface area (Å²) in [6, 6.07) is 7.66. The normalized spacial score (nSPS) is 13.9. The van der Waals surface area contributed by atoms with Gasteiger partial charge in [0, 0.05) is 18.4 Å². The van der Waals surface area contributed by atoms with E-state index < -0.39 is 0 Å². The van der Waals surface area contributed by atoms with Crippen LogP contribution in [0.2, 0.25) is 0 Å². The number of carbonyl (C=O) groups excluding carboxylic acids is 1. The Morgan fingerprint density at radius 3 is 3.00 bits per heavy atom. The molecule has 0 fully saturated rings. The first-order chi connectivity index (χ1) is 12.8. The Morgan fingerprint density at radius 1 is 1.23 bits per heavy atom. The monoisotopic (exact) mass is 350 g/mol. The number of hydrogen-bond acceptors (Lipinski definition) is 4. The highest BCUT2D eigenvalue weighted by Gasteiger charge is 2.18. The van der Waals surface area contributed by atoms with E-state index in [0.717, 1.165) is 30.6 Å². The Labute approximate surface area is 152 Å².